The number of benzene rings is 4. The third-order valence-corrected chi connectivity index (χ3v) is 4.01. The van der Waals surface area contributed by atoms with Crippen molar-refractivity contribution < 1.29 is 13.2 Å². The van der Waals surface area contributed by atoms with Crippen molar-refractivity contribution >= 4 is 38.4 Å². The molecule has 0 bridgehead atoms. The van der Waals surface area contributed by atoms with E-state index in [-0.39, 0.29) is 0 Å². The summed E-state index contributed by atoms with van der Waals surface area (Å²) in [6.45, 7) is 0. The molecule has 0 saturated heterocycles. The van der Waals surface area contributed by atoms with Gasteiger partial charge in [0.15, 0.2) is 0 Å². The highest BCUT2D eigenvalue weighted by Gasteiger charge is 2.22. The summed E-state index contributed by atoms with van der Waals surface area (Å²) >= 11 is 0. The van der Waals surface area contributed by atoms with Crippen LogP contribution in [0.2, 0.25) is 0 Å². The molecule has 4 aromatic rings. The number of alkyl halides is 3. The van der Waals surface area contributed by atoms with E-state index in [1.54, 1.807) is 6.07 Å². The first kappa shape index (κ1) is 13.1. The quantitative estimate of drug-likeness (QED) is 0.369. The molecule has 22 heavy (non-hydrogen) atoms. The van der Waals surface area contributed by atoms with Gasteiger partial charge >= 0.3 is 6.18 Å². The molecule has 0 heterocycles. The van der Waals surface area contributed by atoms with E-state index < -0.39 is 6.18 Å². The summed E-state index contributed by atoms with van der Waals surface area (Å²) < 4.78 is 37.4. The lowest BCUT2D eigenvalue weighted by molar-refractivity contribution is -0.0790. The molecule has 4 rings (SSSR count). The van der Waals surface area contributed by atoms with Crippen LogP contribution in [0.1, 0.15) is 5.56 Å². The van der Waals surface area contributed by atoms with E-state index in [0.29, 0.717) is 11.6 Å². The molecule has 0 saturated carbocycles. The molecule has 108 valence electrons. The minimum Gasteiger partial charge on any atom is -0.167 e. The minimum absolute atomic E-state index is 0.291. The van der Waals surface area contributed by atoms with Crippen molar-refractivity contribution in [1.29, 1.82) is 0 Å². The summed E-state index contributed by atoms with van der Waals surface area (Å²) in [5.74, 6) is 0. The van der Waals surface area contributed by atoms with Gasteiger partial charge < -0.3 is 0 Å². The first-order valence-electron chi connectivity index (χ1n) is 6.95. The van der Waals surface area contributed by atoms with Crippen LogP contribution >= 0.6 is 0 Å². The second-order valence-electron chi connectivity index (χ2n) is 5.39. The molecule has 0 aliphatic heterocycles. The zero-order valence-corrected chi connectivity index (χ0v) is 11.5. The predicted molar refractivity (Wildman–Crippen MR) is 85.2 cm³/mol. The lowest BCUT2D eigenvalue weighted by Gasteiger charge is -2.12. The SMILES string of the molecule is FC(F)(F)/C=C/c1ccc2ccc3cccc4ccc1c2c34. The first-order chi connectivity index (χ1) is 10.5. The molecular formula is C19H11F3. The third-order valence-electron chi connectivity index (χ3n) is 4.01. The van der Waals surface area contributed by atoms with Crippen LogP contribution in [0.25, 0.3) is 38.4 Å². The Balaban J connectivity index is 2.11. The summed E-state index contributed by atoms with van der Waals surface area (Å²) in [5, 5.41) is 6.24. The Morgan fingerprint density at radius 2 is 1.27 bits per heavy atom. The van der Waals surface area contributed by atoms with Crippen molar-refractivity contribution in [2.45, 2.75) is 6.18 Å². The first-order valence-corrected chi connectivity index (χ1v) is 6.95. The van der Waals surface area contributed by atoms with Crippen LogP contribution in [-0.2, 0) is 0 Å². The Hall–Kier alpha value is -2.55. The highest BCUT2D eigenvalue weighted by molar-refractivity contribution is 6.24. The van der Waals surface area contributed by atoms with Gasteiger partial charge in [-0.25, -0.2) is 0 Å². The molecule has 0 N–H and O–H groups in total. The van der Waals surface area contributed by atoms with Crippen molar-refractivity contribution in [3.05, 3.63) is 66.2 Å². The lowest BCUT2D eigenvalue weighted by Crippen LogP contribution is -2.00. The standard InChI is InChI=1S/C19H11F3/c20-19(21,22)11-10-12-4-5-15-7-6-13-2-1-3-14-8-9-16(12)18(15)17(13)14/h1-11H/b11-10+. The van der Waals surface area contributed by atoms with Gasteiger partial charge in [-0.3, -0.25) is 0 Å². The molecule has 0 amide bonds. The Kier molecular flexibility index (Phi) is 2.67. The number of halogens is 3. The maximum absolute atomic E-state index is 12.5. The largest absolute Gasteiger partial charge is 0.409 e. The second kappa shape index (κ2) is 4.47. The molecule has 0 nitrogen and oxygen atoms in total. The predicted octanol–water partition coefficient (Wildman–Crippen LogP) is 6.16. The van der Waals surface area contributed by atoms with Crippen molar-refractivity contribution in [1.82, 2.24) is 0 Å². The molecule has 3 heteroatoms. The third kappa shape index (κ3) is 2.01. The van der Waals surface area contributed by atoms with Crippen LogP contribution < -0.4 is 0 Å². The van der Waals surface area contributed by atoms with Crippen LogP contribution in [0, 0.1) is 0 Å². The fraction of sp³-hybridized carbons (Fsp3) is 0.0526. The van der Waals surface area contributed by atoms with Crippen molar-refractivity contribution in [2.24, 2.45) is 0 Å². The van der Waals surface area contributed by atoms with Gasteiger partial charge in [-0.05, 0) is 44.0 Å². The molecule has 0 unspecified atom stereocenters. The molecular weight excluding hydrogens is 285 g/mol. The number of allylic oxidation sites excluding steroid dienone is 1. The van der Waals surface area contributed by atoms with E-state index in [9.17, 15) is 13.2 Å². The van der Waals surface area contributed by atoms with E-state index in [1.165, 1.54) is 0 Å². The van der Waals surface area contributed by atoms with E-state index in [4.69, 9.17) is 0 Å². The van der Waals surface area contributed by atoms with Gasteiger partial charge in [0.25, 0.3) is 0 Å². The van der Waals surface area contributed by atoms with Gasteiger partial charge in [0.05, 0.1) is 0 Å². The van der Waals surface area contributed by atoms with Gasteiger partial charge in [0.1, 0.15) is 0 Å². The summed E-state index contributed by atoms with van der Waals surface area (Å²) in [6.07, 6.45) is -2.87. The van der Waals surface area contributed by atoms with E-state index in [1.807, 2.05) is 42.5 Å². The Bertz CT molecular complexity index is 994. The molecule has 0 aromatic heterocycles. The van der Waals surface area contributed by atoms with Crippen LogP contribution in [0.3, 0.4) is 0 Å². The molecule has 4 aromatic carbocycles. The van der Waals surface area contributed by atoms with E-state index >= 15 is 0 Å². The van der Waals surface area contributed by atoms with Gasteiger partial charge in [-0.2, -0.15) is 13.2 Å². The normalized spacial score (nSPS) is 13.0. The molecule has 0 aliphatic carbocycles. The summed E-state index contributed by atoms with van der Waals surface area (Å²) in [6, 6.07) is 17.6. The average molecular weight is 296 g/mol. The topological polar surface area (TPSA) is 0 Å². The molecule has 0 fully saturated rings. The van der Waals surface area contributed by atoms with Gasteiger partial charge in [0, 0.05) is 6.08 Å². The zero-order valence-electron chi connectivity index (χ0n) is 11.5. The number of hydrogen-bond acceptors (Lipinski definition) is 0. The van der Waals surface area contributed by atoms with Crippen LogP contribution in [0.4, 0.5) is 13.2 Å². The average Bonchev–Trinajstić information content (AvgIpc) is 2.50. The smallest absolute Gasteiger partial charge is 0.167 e. The number of hydrogen-bond donors (Lipinski definition) is 0. The second-order valence-corrected chi connectivity index (χ2v) is 5.39. The zero-order chi connectivity index (χ0) is 15.3. The van der Waals surface area contributed by atoms with E-state index in [0.717, 1.165) is 38.4 Å². The maximum Gasteiger partial charge on any atom is 0.409 e. The molecule has 0 aliphatic rings. The van der Waals surface area contributed by atoms with Crippen molar-refractivity contribution in [2.75, 3.05) is 0 Å². The Labute approximate surface area is 124 Å². The van der Waals surface area contributed by atoms with Crippen molar-refractivity contribution in [3.63, 3.8) is 0 Å². The summed E-state index contributed by atoms with van der Waals surface area (Å²) in [5.41, 5.74) is 0.586. The van der Waals surface area contributed by atoms with E-state index in [2.05, 4.69) is 6.07 Å². The molecule has 0 radical (unpaired) electrons. The van der Waals surface area contributed by atoms with Crippen LogP contribution in [0.5, 0.6) is 0 Å². The maximum atomic E-state index is 12.5. The van der Waals surface area contributed by atoms with Crippen molar-refractivity contribution in [3.8, 4) is 0 Å². The highest BCUT2D eigenvalue weighted by Crippen LogP contribution is 2.36. The number of rotatable bonds is 1. The molecule has 0 spiro atoms. The summed E-state index contributed by atoms with van der Waals surface area (Å²) in [4.78, 5) is 0. The van der Waals surface area contributed by atoms with Gasteiger partial charge in [-0.1, -0.05) is 54.6 Å². The summed E-state index contributed by atoms with van der Waals surface area (Å²) in [7, 11) is 0. The van der Waals surface area contributed by atoms with Gasteiger partial charge in [-0.15, -0.1) is 0 Å². The van der Waals surface area contributed by atoms with Crippen LogP contribution in [0.15, 0.2) is 60.7 Å². The molecule has 0 atom stereocenters. The van der Waals surface area contributed by atoms with Crippen LogP contribution in [-0.4, -0.2) is 6.18 Å². The fourth-order valence-corrected chi connectivity index (χ4v) is 3.09. The highest BCUT2D eigenvalue weighted by atomic mass is 19.4. The minimum atomic E-state index is -4.30. The Morgan fingerprint density at radius 3 is 1.95 bits per heavy atom. The monoisotopic (exact) mass is 296 g/mol. The fourth-order valence-electron chi connectivity index (χ4n) is 3.09. The Morgan fingerprint density at radius 1 is 0.682 bits per heavy atom. The van der Waals surface area contributed by atoms with Gasteiger partial charge in [0.2, 0.25) is 0 Å². The lowest BCUT2D eigenvalue weighted by atomic mass is 9.92.